The second-order valence-electron chi connectivity index (χ2n) is 7.55. The predicted octanol–water partition coefficient (Wildman–Crippen LogP) is 3.32. The minimum Gasteiger partial charge on any atom is -0.508 e. The van der Waals surface area contributed by atoms with Gasteiger partial charge in [-0.3, -0.25) is 9.69 Å². The highest BCUT2D eigenvalue weighted by Gasteiger charge is 2.40. The van der Waals surface area contributed by atoms with Gasteiger partial charge in [0.2, 0.25) is 5.91 Å². The average Bonchev–Trinajstić information content (AvgIpc) is 3.04. The second kappa shape index (κ2) is 7.69. The number of hydrogen-bond donors (Lipinski definition) is 1. The topological polar surface area (TPSA) is 43.8 Å². The van der Waals surface area contributed by atoms with Crippen LogP contribution in [0, 0.1) is 0 Å². The summed E-state index contributed by atoms with van der Waals surface area (Å²) in [6.07, 6.45) is 0.454. The van der Waals surface area contributed by atoms with Crippen molar-refractivity contribution in [1.29, 1.82) is 0 Å². The molecule has 142 valence electrons. The van der Waals surface area contributed by atoms with Gasteiger partial charge in [0.15, 0.2) is 0 Å². The van der Waals surface area contributed by atoms with E-state index < -0.39 is 6.17 Å². The zero-order valence-corrected chi connectivity index (χ0v) is 15.3. The molecule has 0 unspecified atom stereocenters. The fourth-order valence-corrected chi connectivity index (χ4v) is 4.33. The van der Waals surface area contributed by atoms with Gasteiger partial charge in [-0.15, -0.1) is 0 Å². The van der Waals surface area contributed by atoms with Crippen molar-refractivity contribution in [2.24, 2.45) is 0 Å². The fraction of sp³-hybridized carbons (Fsp3) is 0.409. The number of phenols is 1. The molecule has 0 radical (unpaired) electrons. The minimum atomic E-state index is -1.00. The van der Waals surface area contributed by atoms with Crippen LogP contribution in [-0.2, 0) is 11.3 Å². The van der Waals surface area contributed by atoms with E-state index in [0.29, 0.717) is 19.5 Å². The molecule has 2 fully saturated rings. The van der Waals surface area contributed by atoms with Gasteiger partial charge < -0.3 is 10.0 Å². The lowest BCUT2D eigenvalue weighted by Crippen LogP contribution is -2.49. The zero-order valence-electron chi connectivity index (χ0n) is 15.3. The van der Waals surface area contributed by atoms with E-state index in [1.165, 1.54) is 0 Å². The molecule has 3 atom stereocenters. The van der Waals surface area contributed by atoms with Crippen LogP contribution in [0.5, 0.6) is 5.75 Å². The highest BCUT2D eigenvalue weighted by molar-refractivity contribution is 5.84. The molecule has 0 aromatic heterocycles. The summed E-state index contributed by atoms with van der Waals surface area (Å²) in [4.78, 5) is 16.7. The molecular formula is C22H25FN2O2. The molecule has 1 N–H and O–H groups in total. The number of likely N-dealkylation sites (tertiary alicyclic amines) is 2. The number of nitrogens with zero attached hydrogens (tertiary/aromatic N) is 2. The molecule has 2 aromatic rings. The van der Waals surface area contributed by atoms with Gasteiger partial charge in [0.05, 0.1) is 6.04 Å². The van der Waals surface area contributed by atoms with E-state index in [-0.39, 0.29) is 23.6 Å². The number of piperidine rings is 1. The van der Waals surface area contributed by atoms with Crippen LogP contribution in [-0.4, -0.2) is 52.7 Å². The summed E-state index contributed by atoms with van der Waals surface area (Å²) >= 11 is 0. The van der Waals surface area contributed by atoms with E-state index in [2.05, 4.69) is 0 Å². The lowest BCUT2D eigenvalue weighted by Gasteiger charge is -2.37. The Morgan fingerprint density at radius 1 is 1.00 bits per heavy atom. The highest BCUT2D eigenvalue weighted by atomic mass is 19.1. The molecule has 2 aliphatic heterocycles. The van der Waals surface area contributed by atoms with Gasteiger partial charge in [0.25, 0.3) is 0 Å². The third kappa shape index (κ3) is 3.83. The third-order valence-electron chi connectivity index (χ3n) is 5.82. The minimum absolute atomic E-state index is 0.120. The van der Waals surface area contributed by atoms with Gasteiger partial charge in [0, 0.05) is 25.6 Å². The lowest BCUT2D eigenvalue weighted by atomic mass is 9.87. The lowest BCUT2D eigenvalue weighted by molar-refractivity contribution is -0.133. The van der Waals surface area contributed by atoms with Crippen LogP contribution in [0.3, 0.4) is 0 Å². The maximum Gasteiger partial charge on any atom is 0.240 e. The molecule has 0 aliphatic carbocycles. The fourth-order valence-electron chi connectivity index (χ4n) is 4.33. The number of amides is 1. The molecule has 1 amide bonds. The van der Waals surface area contributed by atoms with E-state index >= 15 is 0 Å². The number of hydrogen-bond acceptors (Lipinski definition) is 3. The number of rotatable bonds is 4. The highest BCUT2D eigenvalue weighted by Crippen LogP contribution is 2.33. The molecule has 0 saturated carbocycles. The quantitative estimate of drug-likeness (QED) is 0.900. The Morgan fingerprint density at radius 2 is 1.74 bits per heavy atom. The molecular weight excluding hydrogens is 343 g/mol. The van der Waals surface area contributed by atoms with Crippen LogP contribution >= 0.6 is 0 Å². The Labute approximate surface area is 159 Å². The molecule has 4 rings (SSSR count). The molecule has 5 heteroatoms. The first-order chi connectivity index (χ1) is 13.1. The maximum absolute atomic E-state index is 14.9. The van der Waals surface area contributed by atoms with Crippen LogP contribution < -0.4 is 0 Å². The van der Waals surface area contributed by atoms with Crippen molar-refractivity contribution < 1.29 is 14.3 Å². The summed E-state index contributed by atoms with van der Waals surface area (Å²) < 4.78 is 14.9. The number of carbonyl (C=O) groups excluding carboxylic acids is 1. The van der Waals surface area contributed by atoms with Crippen molar-refractivity contribution in [2.75, 3.05) is 19.6 Å². The normalized spacial score (nSPS) is 26.5. The third-order valence-corrected chi connectivity index (χ3v) is 5.82. The number of carbonyl (C=O) groups is 1. The van der Waals surface area contributed by atoms with Gasteiger partial charge >= 0.3 is 0 Å². The first-order valence-electron chi connectivity index (χ1n) is 9.61. The van der Waals surface area contributed by atoms with Gasteiger partial charge in [0.1, 0.15) is 11.9 Å². The Kier molecular flexibility index (Phi) is 5.12. The SMILES string of the molecule is O=C1[C@H](N2CC[C@H](c3ccc(O)cc3)[C@@H](F)C2)CCN1Cc1ccccc1. The Balaban J connectivity index is 1.37. The van der Waals surface area contributed by atoms with E-state index in [1.807, 2.05) is 40.1 Å². The number of aromatic hydroxyl groups is 1. The van der Waals surface area contributed by atoms with Gasteiger partial charge in [-0.05, 0) is 42.6 Å². The van der Waals surface area contributed by atoms with E-state index in [1.54, 1.807) is 24.3 Å². The van der Waals surface area contributed by atoms with E-state index in [4.69, 9.17) is 0 Å². The average molecular weight is 368 g/mol. The summed E-state index contributed by atoms with van der Waals surface area (Å²) in [5.41, 5.74) is 2.05. The van der Waals surface area contributed by atoms with Crippen molar-refractivity contribution in [3.05, 3.63) is 65.7 Å². The van der Waals surface area contributed by atoms with Crippen LogP contribution in [0.2, 0.25) is 0 Å². The summed E-state index contributed by atoms with van der Waals surface area (Å²) in [7, 11) is 0. The second-order valence-corrected chi connectivity index (χ2v) is 7.55. The van der Waals surface area contributed by atoms with Crippen molar-refractivity contribution in [1.82, 2.24) is 9.80 Å². The van der Waals surface area contributed by atoms with Gasteiger partial charge in [-0.2, -0.15) is 0 Å². The Bertz CT molecular complexity index is 781. The monoisotopic (exact) mass is 368 g/mol. The number of phenolic OH excluding ortho intramolecular Hbond substituents is 1. The van der Waals surface area contributed by atoms with Crippen LogP contribution in [0.1, 0.15) is 29.9 Å². The smallest absolute Gasteiger partial charge is 0.240 e. The van der Waals surface area contributed by atoms with E-state index in [9.17, 15) is 14.3 Å². The first-order valence-corrected chi connectivity index (χ1v) is 9.61. The molecule has 2 saturated heterocycles. The Morgan fingerprint density at radius 3 is 2.44 bits per heavy atom. The molecule has 4 nitrogen and oxygen atoms in total. The zero-order chi connectivity index (χ0) is 18.8. The predicted molar refractivity (Wildman–Crippen MR) is 102 cm³/mol. The molecule has 2 aromatic carbocycles. The van der Waals surface area contributed by atoms with Crippen molar-refractivity contribution in [2.45, 2.75) is 37.5 Å². The summed E-state index contributed by atoms with van der Waals surface area (Å²) in [5, 5.41) is 9.42. The number of benzene rings is 2. The molecule has 0 bridgehead atoms. The Hall–Kier alpha value is -2.40. The number of halogens is 1. The van der Waals surface area contributed by atoms with Crippen molar-refractivity contribution in [3.8, 4) is 5.75 Å². The summed E-state index contributed by atoms with van der Waals surface area (Å²) in [5.74, 6) is 0.148. The van der Waals surface area contributed by atoms with Crippen molar-refractivity contribution >= 4 is 5.91 Å². The van der Waals surface area contributed by atoms with Crippen molar-refractivity contribution in [3.63, 3.8) is 0 Å². The summed E-state index contributed by atoms with van der Waals surface area (Å²) in [6, 6.07) is 16.6. The molecule has 0 spiro atoms. The van der Waals surface area contributed by atoms with Crippen LogP contribution in [0.25, 0.3) is 0 Å². The molecule has 2 heterocycles. The largest absolute Gasteiger partial charge is 0.508 e. The maximum atomic E-state index is 14.9. The molecule has 27 heavy (non-hydrogen) atoms. The number of alkyl halides is 1. The summed E-state index contributed by atoms with van der Waals surface area (Å²) in [6.45, 7) is 2.37. The van der Waals surface area contributed by atoms with Gasteiger partial charge in [-0.1, -0.05) is 42.5 Å². The van der Waals surface area contributed by atoms with Crippen LogP contribution in [0.15, 0.2) is 54.6 Å². The van der Waals surface area contributed by atoms with Gasteiger partial charge in [-0.25, -0.2) is 4.39 Å². The van der Waals surface area contributed by atoms with E-state index in [0.717, 1.165) is 30.6 Å². The van der Waals surface area contributed by atoms with Crippen LogP contribution in [0.4, 0.5) is 4.39 Å². The molecule has 2 aliphatic rings. The standard InChI is InChI=1S/C22H25FN2O2/c23-20-15-24(12-10-19(20)17-6-8-18(26)9-7-17)21-11-13-25(22(21)27)14-16-4-2-1-3-5-16/h1-9,19-21,26H,10-15H2/t19-,20+,21-/m1/s1. The first kappa shape index (κ1) is 18.0.